The summed E-state index contributed by atoms with van der Waals surface area (Å²) in [5.41, 5.74) is 0. The highest BCUT2D eigenvalue weighted by Crippen LogP contribution is 2.30. The number of nitriles is 1. The van der Waals surface area contributed by atoms with Gasteiger partial charge in [0.15, 0.2) is 0 Å². The maximum atomic E-state index is 9.41. The van der Waals surface area contributed by atoms with Crippen LogP contribution in [0.1, 0.15) is 70.6 Å². The maximum Gasteiger partial charge on any atom is 0.0672 e. The van der Waals surface area contributed by atoms with Crippen LogP contribution in [0.2, 0.25) is 0 Å². The smallest absolute Gasteiger partial charge is 0.0672 e. The van der Waals surface area contributed by atoms with Crippen LogP contribution in [-0.4, -0.2) is 24.0 Å². The lowest BCUT2D eigenvalue weighted by atomic mass is 9.92. The molecule has 2 nitrogen and oxygen atoms in total. The molecule has 2 saturated carbocycles. The maximum absolute atomic E-state index is 9.41. The van der Waals surface area contributed by atoms with Crippen molar-refractivity contribution in [2.45, 2.75) is 82.7 Å². The van der Waals surface area contributed by atoms with E-state index < -0.39 is 0 Å². The fourth-order valence-corrected chi connectivity index (χ4v) is 3.86. The van der Waals surface area contributed by atoms with Gasteiger partial charge in [-0.3, -0.25) is 4.90 Å². The zero-order valence-electron chi connectivity index (χ0n) is 11.9. The third kappa shape index (κ3) is 3.48. The van der Waals surface area contributed by atoms with Crippen molar-refractivity contribution in [1.82, 2.24) is 4.90 Å². The molecule has 2 rings (SSSR count). The minimum atomic E-state index is 0.278. The zero-order valence-corrected chi connectivity index (χ0v) is 11.9. The van der Waals surface area contributed by atoms with Crippen molar-refractivity contribution in [3.63, 3.8) is 0 Å². The molecular weight excluding hydrogens is 220 g/mol. The van der Waals surface area contributed by atoms with Crippen molar-refractivity contribution in [3.8, 4) is 6.07 Å². The Bertz CT molecular complexity index is 273. The van der Waals surface area contributed by atoms with Crippen LogP contribution < -0.4 is 0 Å². The molecular formula is C16H28N2. The van der Waals surface area contributed by atoms with E-state index >= 15 is 0 Å². The van der Waals surface area contributed by atoms with Crippen molar-refractivity contribution in [1.29, 1.82) is 5.26 Å². The summed E-state index contributed by atoms with van der Waals surface area (Å²) in [4.78, 5) is 2.59. The molecule has 2 aliphatic carbocycles. The van der Waals surface area contributed by atoms with Gasteiger partial charge in [0.05, 0.1) is 12.0 Å². The van der Waals surface area contributed by atoms with Gasteiger partial charge in [0.25, 0.3) is 0 Å². The van der Waals surface area contributed by atoms with E-state index in [2.05, 4.69) is 18.0 Å². The molecule has 0 bridgehead atoms. The Morgan fingerprint density at radius 1 is 0.833 bits per heavy atom. The van der Waals surface area contributed by atoms with Crippen molar-refractivity contribution < 1.29 is 0 Å². The van der Waals surface area contributed by atoms with E-state index in [1.54, 1.807) is 0 Å². The summed E-state index contributed by atoms with van der Waals surface area (Å²) in [5.74, 6) is 0.278. The van der Waals surface area contributed by atoms with Gasteiger partial charge >= 0.3 is 0 Å². The molecule has 18 heavy (non-hydrogen) atoms. The molecule has 2 fully saturated rings. The van der Waals surface area contributed by atoms with E-state index in [1.165, 1.54) is 64.2 Å². The Labute approximate surface area is 112 Å². The molecule has 2 heteroatoms. The summed E-state index contributed by atoms with van der Waals surface area (Å²) in [7, 11) is 2.29. The molecule has 0 heterocycles. The Balaban J connectivity index is 1.99. The zero-order chi connectivity index (χ0) is 12.8. The third-order valence-corrected chi connectivity index (χ3v) is 5.07. The van der Waals surface area contributed by atoms with Gasteiger partial charge in [-0.25, -0.2) is 0 Å². The van der Waals surface area contributed by atoms with Crippen molar-refractivity contribution in [3.05, 3.63) is 0 Å². The number of rotatable bonds is 2. The van der Waals surface area contributed by atoms with Gasteiger partial charge in [-0.05, 0) is 32.7 Å². The number of nitrogens with zero attached hydrogens (tertiary/aromatic N) is 2. The quantitative estimate of drug-likeness (QED) is 0.688. The van der Waals surface area contributed by atoms with Gasteiger partial charge in [0.1, 0.15) is 0 Å². The summed E-state index contributed by atoms with van der Waals surface area (Å²) in [6, 6.07) is 3.86. The number of hydrogen-bond acceptors (Lipinski definition) is 2. The molecule has 0 N–H and O–H groups in total. The van der Waals surface area contributed by atoms with Crippen molar-refractivity contribution >= 4 is 0 Å². The van der Waals surface area contributed by atoms with Gasteiger partial charge < -0.3 is 0 Å². The predicted octanol–water partition coefficient (Wildman–Crippen LogP) is 4.11. The van der Waals surface area contributed by atoms with Crippen LogP contribution in [0, 0.1) is 17.2 Å². The molecule has 0 aromatic heterocycles. The second kappa shape index (κ2) is 7.14. The van der Waals surface area contributed by atoms with Crippen LogP contribution in [0.3, 0.4) is 0 Å². The molecule has 0 aromatic carbocycles. The fraction of sp³-hybridized carbons (Fsp3) is 0.938. The van der Waals surface area contributed by atoms with Crippen LogP contribution in [-0.2, 0) is 0 Å². The van der Waals surface area contributed by atoms with Crippen LogP contribution in [0.5, 0.6) is 0 Å². The second-order valence-corrected chi connectivity index (χ2v) is 6.25. The summed E-state index contributed by atoms with van der Waals surface area (Å²) in [5, 5.41) is 9.41. The van der Waals surface area contributed by atoms with Gasteiger partial charge in [-0.1, -0.05) is 44.9 Å². The van der Waals surface area contributed by atoms with Crippen LogP contribution in [0.25, 0.3) is 0 Å². The van der Waals surface area contributed by atoms with Gasteiger partial charge in [0, 0.05) is 12.1 Å². The molecule has 0 saturated heterocycles. The van der Waals surface area contributed by atoms with Gasteiger partial charge in [-0.2, -0.15) is 5.26 Å². The largest absolute Gasteiger partial charge is 0.299 e. The normalized spacial score (nSPS) is 31.6. The van der Waals surface area contributed by atoms with E-state index in [1.807, 2.05) is 0 Å². The molecule has 0 spiro atoms. The predicted molar refractivity (Wildman–Crippen MR) is 75.2 cm³/mol. The summed E-state index contributed by atoms with van der Waals surface area (Å²) >= 11 is 0. The summed E-state index contributed by atoms with van der Waals surface area (Å²) in [6.45, 7) is 0. The first kappa shape index (κ1) is 13.9. The average molecular weight is 248 g/mol. The highest BCUT2D eigenvalue weighted by atomic mass is 15.2. The Morgan fingerprint density at radius 2 is 1.39 bits per heavy atom. The van der Waals surface area contributed by atoms with Crippen molar-refractivity contribution in [2.75, 3.05) is 7.05 Å². The van der Waals surface area contributed by atoms with Crippen molar-refractivity contribution in [2.24, 2.45) is 5.92 Å². The second-order valence-electron chi connectivity index (χ2n) is 6.25. The molecule has 0 aliphatic heterocycles. The van der Waals surface area contributed by atoms with Crippen LogP contribution >= 0.6 is 0 Å². The highest BCUT2D eigenvalue weighted by Gasteiger charge is 2.30. The summed E-state index contributed by atoms with van der Waals surface area (Å²) < 4.78 is 0. The average Bonchev–Trinajstić information content (AvgIpc) is 2.80. The van der Waals surface area contributed by atoms with Gasteiger partial charge in [0.2, 0.25) is 0 Å². The minimum Gasteiger partial charge on any atom is -0.299 e. The van der Waals surface area contributed by atoms with Gasteiger partial charge in [-0.15, -0.1) is 0 Å². The van der Waals surface area contributed by atoms with E-state index in [9.17, 15) is 5.26 Å². The van der Waals surface area contributed by atoms with E-state index in [0.29, 0.717) is 6.04 Å². The number of hydrogen-bond donors (Lipinski definition) is 0. The lowest BCUT2D eigenvalue weighted by Gasteiger charge is -2.36. The highest BCUT2D eigenvalue weighted by molar-refractivity contribution is 4.95. The van der Waals surface area contributed by atoms with E-state index in [-0.39, 0.29) is 5.92 Å². The summed E-state index contributed by atoms with van der Waals surface area (Å²) in [6.07, 6.45) is 14.6. The molecule has 102 valence electrons. The van der Waals surface area contributed by atoms with Crippen LogP contribution in [0.15, 0.2) is 0 Å². The fourth-order valence-electron chi connectivity index (χ4n) is 3.86. The lowest BCUT2D eigenvalue weighted by Crippen LogP contribution is -2.43. The molecule has 0 amide bonds. The Hall–Kier alpha value is -0.550. The molecule has 2 aliphatic rings. The minimum absolute atomic E-state index is 0.278. The monoisotopic (exact) mass is 248 g/mol. The molecule has 0 radical (unpaired) electrons. The Kier molecular flexibility index (Phi) is 5.50. The first-order valence-electron chi connectivity index (χ1n) is 7.94. The van der Waals surface area contributed by atoms with E-state index in [0.717, 1.165) is 12.5 Å². The molecule has 2 unspecified atom stereocenters. The van der Waals surface area contributed by atoms with Crippen LogP contribution in [0.4, 0.5) is 0 Å². The standard InChI is InChI=1S/C16H28N2/c1-18(15-10-6-2-3-7-11-15)16-12-8-4-5-9-14(16)13-17/h14-16H,2-12H2,1H3. The van der Waals surface area contributed by atoms with E-state index in [4.69, 9.17) is 0 Å². The molecule has 2 atom stereocenters. The first-order chi connectivity index (χ1) is 8.83. The topological polar surface area (TPSA) is 27.0 Å². The molecule has 0 aromatic rings. The Morgan fingerprint density at radius 3 is 2.06 bits per heavy atom. The third-order valence-electron chi connectivity index (χ3n) is 5.07. The SMILES string of the molecule is CN(C1CCCCCC1)C1CCCCCC1C#N. The first-order valence-corrected chi connectivity index (χ1v) is 7.94. The lowest BCUT2D eigenvalue weighted by molar-refractivity contribution is 0.123.